The quantitative estimate of drug-likeness (QED) is 0.286. The van der Waals surface area contributed by atoms with E-state index in [1.807, 2.05) is 0 Å². The summed E-state index contributed by atoms with van der Waals surface area (Å²) in [5.74, 6) is 0.565. The Morgan fingerprint density at radius 2 is 1.57 bits per heavy atom. The number of rotatable bonds is 1. The van der Waals surface area contributed by atoms with Gasteiger partial charge in [0.05, 0.1) is 0 Å². The highest BCUT2D eigenvalue weighted by molar-refractivity contribution is 6.04. The molecule has 0 aliphatic heterocycles. The normalized spacial score (nSPS) is 13.6. The van der Waals surface area contributed by atoms with Crippen LogP contribution in [0.2, 0.25) is 0 Å². The highest BCUT2D eigenvalue weighted by Gasteiger charge is 2.26. The molecule has 0 heterocycles. The van der Waals surface area contributed by atoms with Crippen LogP contribution in [0, 0.1) is 6.92 Å². The van der Waals surface area contributed by atoms with E-state index < -0.39 is 0 Å². The van der Waals surface area contributed by atoms with E-state index in [2.05, 4.69) is 81.4 Å². The summed E-state index contributed by atoms with van der Waals surface area (Å²) < 4.78 is 0. The van der Waals surface area contributed by atoms with Crippen molar-refractivity contribution in [3.05, 3.63) is 94.0 Å². The smallest absolute Gasteiger partial charge is 0.00103 e. The van der Waals surface area contributed by atoms with E-state index in [9.17, 15) is 0 Å². The molecule has 0 N–H and O–H groups in total. The zero-order valence-corrected chi connectivity index (χ0v) is 16.8. The molecule has 0 amide bonds. The fourth-order valence-corrected chi connectivity index (χ4v) is 5.67. The zero-order chi connectivity index (χ0) is 19.0. The predicted molar refractivity (Wildman–Crippen MR) is 119 cm³/mol. The molecule has 2 aliphatic rings. The fourth-order valence-electron chi connectivity index (χ4n) is 5.67. The Bertz CT molecular complexity index is 1290. The van der Waals surface area contributed by atoms with Gasteiger partial charge in [0.1, 0.15) is 0 Å². The second-order valence-electron chi connectivity index (χ2n) is 8.82. The Balaban J connectivity index is 1.65. The van der Waals surface area contributed by atoms with Gasteiger partial charge in [-0.15, -0.1) is 0 Å². The second-order valence-corrected chi connectivity index (χ2v) is 8.82. The van der Waals surface area contributed by atoms with Crippen LogP contribution in [-0.4, -0.2) is 0 Å². The molecule has 0 radical (unpaired) electrons. The maximum atomic E-state index is 2.48. The van der Waals surface area contributed by atoms with E-state index in [0.717, 1.165) is 12.8 Å². The van der Waals surface area contributed by atoms with Gasteiger partial charge in [-0.3, -0.25) is 0 Å². The maximum Gasteiger partial charge on any atom is -0.00103 e. The van der Waals surface area contributed by atoms with Gasteiger partial charge >= 0.3 is 0 Å². The van der Waals surface area contributed by atoms with Crippen LogP contribution in [-0.2, 0) is 12.8 Å². The van der Waals surface area contributed by atoms with Crippen molar-refractivity contribution in [3.63, 3.8) is 0 Å². The van der Waals surface area contributed by atoms with E-state index in [-0.39, 0.29) is 0 Å². The van der Waals surface area contributed by atoms with E-state index in [1.54, 1.807) is 11.1 Å². The van der Waals surface area contributed by atoms with Gasteiger partial charge in [-0.25, -0.2) is 0 Å². The molecule has 0 unspecified atom stereocenters. The summed E-state index contributed by atoms with van der Waals surface area (Å²) in [5.41, 5.74) is 14.7. The summed E-state index contributed by atoms with van der Waals surface area (Å²) in [4.78, 5) is 0. The summed E-state index contributed by atoms with van der Waals surface area (Å²) in [6.45, 7) is 6.91. The lowest BCUT2D eigenvalue weighted by molar-refractivity contribution is 0.842. The number of benzene rings is 4. The molecule has 0 aromatic heterocycles. The number of fused-ring (bicyclic) bond motifs is 8. The standard InChI is InChI=1S/C28H24/c1-16(2)27-17(3)8-11-23-24-15-25-19(13-21(24)14-26(23)27)9-10-20-12-18-6-4-5-7-22(18)28(20)25/h4-11,13,15-16H,12,14H2,1-3H3. The minimum absolute atomic E-state index is 0.565. The Morgan fingerprint density at radius 1 is 0.714 bits per heavy atom. The lowest BCUT2D eigenvalue weighted by atomic mass is 9.89. The van der Waals surface area contributed by atoms with E-state index in [0.29, 0.717) is 5.92 Å². The van der Waals surface area contributed by atoms with Crippen LogP contribution in [0.1, 0.15) is 53.1 Å². The third-order valence-corrected chi connectivity index (χ3v) is 6.81. The van der Waals surface area contributed by atoms with E-state index in [1.165, 1.54) is 55.3 Å². The molecule has 136 valence electrons. The summed E-state index contributed by atoms with van der Waals surface area (Å²) >= 11 is 0. The van der Waals surface area contributed by atoms with Gasteiger partial charge in [-0.05, 0) is 98.2 Å². The number of aryl methyl sites for hydroxylation is 1. The summed E-state index contributed by atoms with van der Waals surface area (Å²) in [5, 5.41) is 2.80. The molecular weight excluding hydrogens is 336 g/mol. The van der Waals surface area contributed by atoms with Gasteiger partial charge in [0.2, 0.25) is 0 Å². The Hall–Kier alpha value is -2.86. The third-order valence-electron chi connectivity index (χ3n) is 6.81. The van der Waals surface area contributed by atoms with Crippen LogP contribution in [0.25, 0.3) is 33.0 Å². The minimum atomic E-state index is 0.565. The van der Waals surface area contributed by atoms with Crippen molar-refractivity contribution >= 4 is 10.8 Å². The van der Waals surface area contributed by atoms with Crippen LogP contribution in [0.3, 0.4) is 0 Å². The number of hydrogen-bond acceptors (Lipinski definition) is 0. The lowest BCUT2D eigenvalue weighted by Crippen LogP contribution is -1.98. The zero-order valence-electron chi connectivity index (χ0n) is 16.8. The highest BCUT2D eigenvalue weighted by Crippen LogP contribution is 2.47. The molecule has 0 nitrogen and oxygen atoms in total. The minimum Gasteiger partial charge on any atom is -0.0619 e. The van der Waals surface area contributed by atoms with Crippen molar-refractivity contribution < 1.29 is 0 Å². The fraction of sp³-hybridized carbons (Fsp3) is 0.214. The topological polar surface area (TPSA) is 0 Å². The largest absolute Gasteiger partial charge is 0.0619 e. The van der Waals surface area contributed by atoms with Gasteiger partial charge < -0.3 is 0 Å². The van der Waals surface area contributed by atoms with Crippen molar-refractivity contribution in [3.8, 4) is 22.3 Å². The third kappa shape index (κ3) is 2.06. The van der Waals surface area contributed by atoms with Crippen molar-refractivity contribution in [2.24, 2.45) is 0 Å². The second kappa shape index (κ2) is 5.58. The molecule has 0 saturated carbocycles. The van der Waals surface area contributed by atoms with Gasteiger partial charge in [-0.2, -0.15) is 0 Å². The summed E-state index contributed by atoms with van der Waals surface area (Å²) in [7, 11) is 0. The molecular formula is C28H24. The maximum absolute atomic E-state index is 2.48. The average Bonchev–Trinajstić information content (AvgIpc) is 3.23. The Kier molecular flexibility index (Phi) is 3.21. The molecule has 2 aliphatic carbocycles. The molecule has 0 heteroatoms. The SMILES string of the molecule is Cc1ccc2c(c1C(C)C)Cc1cc3ccc4c(c3cc1-2)-c1ccccc1C4. The van der Waals surface area contributed by atoms with Crippen LogP contribution in [0.5, 0.6) is 0 Å². The monoisotopic (exact) mass is 360 g/mol. The van der Waals surface area contributed by atoms with Gasteiger partial charge in [0.25, 0.3) is 0 Å². The first kappa shape index (κ1) is 16.1. The molecule has 28 heavy (non-hydrogen) atoms. The first-order valence-corrected chi connectivity index (χ1v) is 10.4. The van der Waals surface area contributed by atoms with Crippen molar-refractivity contribution in [2.75, 3.05) is 0 Å². The van der Waals surface area contributed by atoms with Crippen molar-refractivity contribution in [1.82, 2.24) is 0 Å². The highest BCUT2D eigenvalue weighted by atomic mass is 14.3. The lowest BCUT2D eigenvalue weighted by Gasteiger charge is -2.15. The van der Waals surface area contributed by atoms with Crippen LogP contribution in [0.4, 0.5) is 0 Å². The Labute approximate surface area is 166 Å². The molecule has 6 rings (SSSR count). The average molecular weight is 361 g/mol. The van der Waals surface area contributed by atoms with Crippen molar-refractivity contribution in [2.45, 2.75) is 39.5 Å². The molecule has 4 aromatic carbocycles. The van der Waals surface area contributed by atoms with Crippen LogP contribution in [0.15, 0.2) is 60.7 Å². The Morgan fingerprint density at radius 3 is 2.43 bits per heavy atom. The summed E-state index contributed by atoms with van der Waals surface area (Å²) in [6.07, 6.45) is 2.13. The number of hydrogen-bond donors (Lipinski definition) is 0. The first-order chi connectivity index (χ1) is 13.6. The summed E-state index contributed by atoms with van der Waals surface area (Å²) in [6, 6.07) is 23.2. The van der Waals surface area contributed by atoms with Crippen molar-refractivity contribution in [1.29, 1.82) is 0 Å². The molecule has 4 aromatic rings. The molecule has 0 fully saturated rings. The van der Waals surface area contributed by atoms with Crippen LogP contribution >= 0.6 is 0 Å². The molecule has 0 saturated heterocycles. The molecule has 0 bridgehead atoms. The van der Waals surface area contributed by atoms with Crippen LogP contribution < -0.4 is 0 Å². The molecule has 0 atom stereocenters. The first-order valence-electron chi connectivity index (χ1n) is 10.4. The van der Waals surface area contributed by atoms with Gasteiger partial charge in [0, 0.05) is 0 Å². The van der Waals surface area contributed by atoms with Gasteiger partial charge in [-0.1, -0.05) is 68.4 Å². The predicted octanol–water partition coefficient (Wildman–Crippen LogP) is 7.41. The molecule has 0 spiro atoms. The van der Waals surface area contributed by atoms with E-state index in [4.69, 9.17) is 0 Å². The van der Waals surface area contributed by atoms with E-state index >= 15 is 0 Å². The van der Waals surface area contributed by atoms with Gasteiger partial charge in [0.15, 0.2) is 0 Å².